The van der Waals surface area contributed by atoms with Crippen LogP contribution in [-0.2, 0) is 11.8 Å². The number of aryl methyl sites for hydroxylation is 1. The fourth-order valence-corrected chi connectivity index (χ4v) is 4.14. The summed E-state index contributed by atoms with van der Waals surface area (Å²) in [5.74, 6) is 0. The normalized spacial score (nSPS) is 11.8. The molecule has 0 saturated carbocycles. The molecular formula is C23H22N8O2S. The highest BCUT2D eigenvalue weighted by atomic mass is 32.2. The summed E-state index contributed by atoms with van der Waals surface area (Å²) in [5.41, 5.74) is 3.13. The summed E-state index contributed by atoms with van der Waals surface area (Å²) in [6.07, 6.45) is 4.76. The van der Waals surface area contributed by atoms with Gasteiger partial charge in [-0.1, -0.05) is 0 Å². The Morgan fingerprint density at radius 3 is 2.71 bits per heavy atom. The molecule has 0 fully saturated rings. The molecule has 0 saturated heterocycles. The Hall–Kier alpha value is -3.99. The highest BCUT2D eigenvalue weighted by Gasteiger charge is 2.17. The monoisotopic (exact) mass is 474 g/mol. The second kappa shape index (κ2) is 8.41. The molecule has 4 aromatic heterocycles. The molecule has 34 heavy (non-hydrogen) atoms. The largest absolute Gasteiger partial charge is 0.444 e. The van der Waals surface area contributed by atoms with Crippen LogP contribution in [0.15, 0.2) is 65.0 Å². The minimum absolute atomic E-state index is 0.524. The van der Waals surface area contributed by atoms with Crippen LogP contribution < -0.4 is 5.32 Å². The summed E-state index contributed by atoms with van der Waals surface area (Å²) in [4.78, 5) is 17.5. The Morgan fingerprint density at radius 1 is 1.09 bits per heavy atom. The van der Waals surface area contributed by atoms with Crippen molar-refractivity contribution in [3.63, 3.8) is 0 Å². The number of rotatable bonds is 4. The van der Waals surface area contributed by atoms with Crippen LogP contribution in [0.25, 0.3) is 27.8 Å². The first-order valence-electron chi connectivity index (χ1n) is 10.5. The van der Waals surface area contributed by atoms with Gasteiger partial charge in [-0.3, -0.25) is 15.0 Å². The molecule has 0 bridgehead atoms. The highest BCUT2D eigenvalue weighted by molar-refractivity contribution is 7.99. The molecule has 0 aliphatic heterocycles. The Kier molecular flexibility index (Phi) is 5.40. The van der Waals surface area contributed by atoms with Crippen LogP contribution in [0.2, 0.25) is 0 Å². The Bertz CT molecular complexity index is 1520. The van der Waals surface area contributed by atoms with Gasteiger partial charge >= 0.3 is 6.09 Å². The number of carbonyl (C=O) groups is 1. The zero-order chi connectivity index (χ0) is 23.9. The van der Waals surface area contributed by atoms with Gasteiger partial charge in [-0.05, 0) is 68.9 Å². The number of carbonyl (C=O) groups excluding carboxylic acids is 1. The van der Waals surface area contributed by atoms with Crippen molar-refractivity contribution in [2.24, 2.45) is 7.05 Å². The van der Waals surface area contributed by atoms with E-state index in [9.17, 15) is 4.79 Å². The van der Waals surface area contributed by atoms with Crippen LogP contribution in [0.3, 0.4) is 0 Å². The van der Waals surface area contributed by atoms with Crippen LogP contribution in [0.5, 0.6) is 0 Å². The summed E-state index contributed by atoms with van der Waals surface area (Å²) in [7, 11) is 1.87. The van der Waals surface area contributed by atoms with E-state index < -0.39 is 11.7 Å². The lowest BCUT2D eigenvalue weighted by Gasteiger charge is -2.19. The maximum atomic E-state index is 12.1. The first-order valence-corrected chi connectivity index (χ1v) is 11.3. The van der Waals surface area contributed by atoms with Crippen LogP contribution in [0.4, 0.5) is 10.5 Å². The third-order valence-corrected chi connectivity index (χ3v) is 5.67. The van der Waals surface area contributed by atoms with Gasteiger partial charge in [0.15, 0.2) is 5.65 Å². The molecule has 4 heterocycles. The zero-order valence-electron chi connectivity index (χ0n) is 19.1. The van der Waals surface area contributed by atoms with Crippen molar-refractivity contribution in [2.75, 3.05) is 5.32 Å². The van der Waals surface area contributed by atoms with Crippen molar-refractivity contribution in [1.29, 1.82) is 0 Å². The summed E-state index contributed by atoms with van der Waals surface area (Å²) in [6, 6.07) is 11.5. The fraction of sp³-hybridized carbons (Fsp3) is 0.217. The summed E-state index contributed by atoms with van der Waals surface area (Å²) < 4.78 is 8.77. The predicted molar refractivity (Wildman–Crippen MR) is 129 cm³/mol. The number of aromatic nitrogens is 7. The number of nitrogens with zero attached hydrogens (tertiary/aromatic N) is 7. The third-order valence-electron chi connectivity index (χ3n) is 4.74. The molecule has 1 aromatic carbocycles. The molecule has 1 amide bonds. The number of nitrogens with one attached hydrogen (secondary N) is 1. The third kappa shape index (κ3) is 4.69. The maximum Gasteiger partial charge on any atom is 0.412 e. The molecule has 0 spiro atoms. The topological polar surface area (TPSA) is 112 Å². The summed E-state index contributed by atoms with van der Waals surface area (Å²) in [5, 5.41) is 21.7. The molecule has 0 radical (unpaired) electrons. The standard InChI is InChI=1S/C23H22N8O2S/c1-23(2,3)33-22(32)26-16-9-14-10-17(5-6-18(14)24-12-16)34-21-28-27-20-8-7-19(29-31(20)21)15-11-25-30(4)13-15/h5-13H,1-4H3,(H,26,32). The lowest BCUT2D eigenvalue weighted by molar-refractivity contribution is 0.0636. The fourth-order valence-electron chi connectivity index (χ4n) is 3.31. The van der Waals surface area contributed by atoms with Gasteiger partial charge in [-0.25, -0.2) is 4.79 Å². The number of ether oxygens (including phenoxy) is 1. The minimum atomic E-state index is -0.579. The van der Waals surface area contributed by atoms with Gasteiger partial charge in [0, 0.05) is 29.1 Å². The highest BCUT2D eigenvalue weighted by Crippen LogP contribution is 2.30. The van der Waals surface area contributed by atoms with Crippen LogP contribution in [0.1, 0.15) is 20.8 Å². The molecule has 0 atom stereocenters. The Labute approximate surface area is 199 Å². The first-order chi connectivity index (χ1) is 16.2. The van der Waals surface area contributed by atoms with E-state index in [2.05, 4.69) is 25.6 Å². The van der Waals surface area contributed by atoms with Gasteiger partial charge < -0.3 is 4.74 Å². The van der Waals surface area contributed by atoms with E-state index in [0.29, 0.717) is 16.5 Å². The number of amides is 1. The van der Waals surface area contributed by atoms with Crippen molar-refractivity contribution >= 4 is 40.1 Å². The molecule has 5 aromatic rings. The molecular weight excluding hydrogens is 452 g/mol. The second-order valence-corrected chi connectivity index (χ2v) is 9.72. The van der Waals surface area contributed by atoms with Gasteiger partial charge in [-0.15, -0.1) is 10.2 Å². The lowest BCUT2D eigenvalue weighted by Crippen LogP contribution is -2.27. The molecule has 0 aliphatic carbocycles. The van der Waals surface area contributed by atoms with Gasteiger partial charge in [-0.2, -0.15) is 14.7 Å². The molecule has 0 unspecified atom stereocenters. The summed E-state index contributed by atoms with van der Waals surface area (Å²) >= 11 is 1.44. The van der Waals surface area contributed by atoms with Crippen LogP contribution >= 0.6 is 11.8 Å². The first kappa shape index (κ1) is 21.8. The molecule has 5 rings (SSSR count). The van der Waals surface area contributed by atoms with Crippen molar-refractivity contribution < 1.29 is 9.53 Å². The van der Waals surface area contributed by atoms with E-state index in [1.165, 1.54) is 11.8 Å². The molecule has 10 nitrogen and oxygen atoms in total. The van der Waals surface area contributed by atoms with E-state index in [4.69, 9.17) is 9.84 Å². The van der Waals surface area contributed by atoms with E-state index in [-0.39, 0.29) is 0 Å². The maximum absolute atomic E-state index is 12.1. The molecule has 1 N–H and O–H groups in total. The van der Waals surface area contributed by atoms with Crippen LogP contribution in [0, 0.1) is 0 Å². The SMILES string of the molecule is Cn1cc(-c2ccc3nnc(Sc4ccc5ncc(NC(=O)OC(C)(C)C)cc5c4)n3n2)cn1. The molecule has 0 aliphatic rings. The second-order valence-electron chi connectivity index (χ2n) is 8.68. The Morgan fingerprint density at radius 2 is 1.94 bits per heavy atom. The number of fused-ring (bicyclic) bond motifs is 2. The molecule has 172 valence electrons. The van der Waals surface area contributed by atoms with Gasteiger partial charge in [0.2, 0.25) is 5.16 Å². The number of benzene rings is 1. The molecule has 11 heteroatoms. The van der Waals surface area contributed by atoms with Gasteiger partial charge in [0.05, 0.1) is 29.3 Å². The predicted octanol–water partition coefficient (Wildman–Crippen LogP) is 4.57. The summed E-state index contributed by atoms with van der Waals surface area (Å²) in [6.45, 7) is 5.45. The van der Waals surface area contributed by atoms with Gasteiger partial charge in [0.25, 0.3) is 0 Å². The van der Waals surface area contributed by atoms with E-state index >= 15 is 0 Å². The van der Waals surface area contributed by atoms with Gasteiger partial charge in [0.1, 0.15) is 5.60 Å². The average molecular weight is 475 g/mol. The quantitative estimate of drug-likeness (QED) is 0.403. The minimum Gasteiger partial charge on any atom is -0.444 e. The smallest absolute Gasteiger partial charge is 0.412 e. The number of anilines is 1. The number of hydrogen-bond donors (Lipinski definition) is 1. The number of pyridine rings is 1. The van der Waals surface area contributed by atoms with Crippen molar-refractivity contribution in [3.05, 3.63) is 55.0 Å². The van der Waals surface area contributed by atoms with E-state index in [1.807, 2.05) is 70.4 Å². The van der Waals surface area contributed by atoms with Crippen molar-refractivity contribution in [3.8, 4) is 11.3 Å². The van der Waals surface area contributed by atoms with Crippen LogP contribution in [-0.4, -0.2) is 46.3 Å². The van der Waals surface area contributed by atoms with Crippen molar-refractivity contribution in [2.45, 2.75) is 36.4 Å². The average Bonchev–Trinajstić information content (AvgIpc) is 3.38. The number of hydrogen-bond acceptors (Lipinski definition) is 8. The van der Waals surface area contributed by atoms with Crippen molar-refractivity contribution in [1.82, 2.24) is 34.6 Å². The zero-order valence-corrected chi connectivity index (χ0v) is 19.9. The van der Waals surface area contributed by atoms with E-state index in [0.717, 1.165) is 27.1 Å². The van der Waals surface area contributed by atoms with E-state index in [1.54, 1.807) is 21.6 Å². The lowest BCUT2D eigenvalue weighted by atomic mass is 10.2. The Balaban J connectivity index is 1.41.